The van der Waals surface area contributed by atoms with E-state index in [0.717, 1.165) is 56.6 Å². The number of aryl methyl sites for hydroxylation is 1. The van der Waals surface area contributed by atoms with E-state index in [1.165, 1.54) is 0 Å². The van der Waals surface area contributed by atoms with Crippen molar-refractivity contribution in [3.8, 4) is 10.4 Å². The maximum Gasteiger partial charge on any atom is 0.263 e. The van der Waals surface area contributed by atoms with Crippen LogP contribution in [-0.2, 0) is 11.3 Å². The number of hydrogen-bond donors (Lipinski definition) is 0. The number of benzene rings is 1. The van der Waals surface area contributed by atoms with Gasteiger partial charge in [-0.25, -0.2) is 4.98 Å². The van der Waals surface area contributed by atoms with Crippen molar-refractivity contribution in [1.29, 1.82) is 0 Å². The highest BCUT2D eigenvalue weighted by molar-refractivity contribution is 7.99. The van der Waals surface area contributed by atoms with E-state index in [0.29, 0.717) is 6.54 Å². The highest BCUT2D eigenvalue weighted by Gasteiger charge is 2.21. The largest absolute Gasteiger partial charge is 0.377 e. The number of thiophene rings is 1. The molecule has 1 fully saturated rings. The second-order valence-corrected chi connectivity index (χ2v) is 8.63. The zero-order valence-corrected chi connectivity index (χ0v) is 16.9. The second kappa shape index (κ2) is 8.00. The minimum absolute atomic E-state index is 0.0191. The second-order valence-electron chi connectivity index (χ2n) is 6.65. The van der Waals surface area contributed by atoms with Gasteiger partial charge in [0.1, 0.15) is 4.83 Å². The minimum Gasteiger partial charge on any atom is -0.377 e. The van der Waals surface area contributed by atoms with Gasteiger partial charge in [0.2, 0.25) is 0 Å². The summed E-state index contributed by atoms with van der Waals surface area (Å²) in [6.45, 7) is 7.13. The number of thioether (sulfide) groups is 1. The summed E-state index contributed by atoms with van der Waals surface area (Å²) in [5.74, 6) is 0.824. The SMILES string of the molecule is C=CCn1c(SC[C@H]2CCCO2)nc2sc(-c3ccccc3)c(C)c2c1=O. The van der Waals surface area contributed by atoms with Gasteiger partial charge in [-0.15, -0.1) is 17.9 Å². The van der Waals surface area contributed by atoms with E-state index in [4.69, 9.17) is 9.72 Å². The van der Waals surface area contributed by atoms with Gasteiger partial charge in [0.15, 0.2) is 5.16 Å². The molecule has 3 heterocycles. The monoisotopic (exact) mass is 398 g/mol. The third-order valence-corrected chi connectivity index (χ3v) is 7.13. The fourth-order valence-electron chi connectivity index (χ4n) is 3.41. The first kappa shape index (κ1) is 18.5. The summed E-state index contributed by atoms with van der Waals surface area (Å²) in [6, 6.07) is 10.2. The molecule has 3 aromatic rings. The molecule has 1 saturated heterocycles. The highest BCUT2D eigenvalue weighted by Crippen LogP contribution is 2.36. The molecule has 0 bridgehead atoms. The van der Waals surface area contributed by atoms with Crippen molar-refractivity contribution in [3.05, 3.63) is 58.9 Å². The first-order chi connectivity index (χ1) is 13.2. The molecule has 0 unspecified atom stereocenters. The average molecular weight is 399 g/mol. The maximum absolute atomic E-state index is 13.2. The van der Waals surface area contributed by atoms with Crippen molar-refractivity contribution >= 4 is 33.3 Å². The number of hydrogen-bond acceptors (Lipinski definition) is 5. The van der Waals surface area contributed by atoms with Crippen LogP contribution in [0.2, 0.25) is 0 Å². The van der Waals surface area contributed by atoms with Crippen LogP contribution in [0.1, 0.15) is 18.4 Å². The zero-order chi connectivity index (χ0) is 18.8. The van der Waals surface area contributed by atoms with Crippen molar-refractivity contribution in [2.75, 3.05) is 12.4 Å². The van der Waals surface area contributed by atoms with Crippen LogP contribution in [0.4, 0.5) is 0 Å². The van der Waals surface area contributed by atoms with E-state index in [2.05, 4.69) is 18.7 Å². The molecule has 0 amide bonds. The molecular formula is C21H22N2O2S2. The van der Waals surface area contributed by atoms with Crippen molar-refractivity contribution in [1.82, 2.24) is 9.55 Å². The van der Waals surface area contributed by atoms with Crippen LogP contribution in [0.25, 0.3) is 20.7 Å². The maximum atomic E-state index is 13.2. The number of allylic oxidation sites excluding steroid dienone is 1. The molecule has 4 nitrogen and oxygen atoms in total. The number of rotatable bonds is 6. The molecule has 1 aromatic carbocycles. The quantitative estimate of drug-likeness (QED) is 0.337. The Bertz CT molecular complexity index is 1020. The van der Waals surface area contributed by atoms with Gasteiger partial charge in [-0.05, 0) is 30.9 Å². The summed E-state index contributed by atoms with van der Waals surface area (Å²) in [5, 5.41) is 1.48. The van der Waals surface area contributed by atoms with Crippen LogP contribution in [0, 0.1) is 6.92 Å². The molecular weight excluding hydrogens is 376 g/mol. The van der Waals surface area contributed by atoms with Crippen LogP contribution in [0.15, 0.2) is 52.9 Å². The predicted octanol–water partition coefficient (Wildman–Crippen LogP) is 4.89. The molecule has 4 rings (SSSR count). The lowest BCUT2D eigenvalue weighted by Gasteiger charge is -2.12. The van der Waals surface area contributed by atoms with Gasteiger partial charge in [0.05, 0.1) is 11.5 Å². The third kappa shape index (κ3) is 3.61. The van der Waals surface area contributed by atoms with Gasteiger partial charge < -0.3 is 4.74 Å². The third-order valence-electron chi connectivity index (χ3n) is 4.79. The molecule has 0 aliphatic carbocycles. The smallest absolute Gasteiger partial charge is 0.263 e. The summed E-state index contributed by atoms with van der Waals surface area (Å²) in [6.07, 6.45) is 4.20. The average Bonchev–Trinajstić information content (AvgIpc) is 3.31. The fraction of sp³-hybridized carbons (Fsp3) is 0.333. The molecule has 0 N–H and O–H groups in total. The lowest BCUT2D eigenvalue weighted by molar-refractivity contribution is 0.129. The van der Waals surface area contributed by atoms with E-state index in [1.54, 1.807) is 33.7 Å². The van der Waals surface area contributed by atoms with Crippen molar-refractivity contribution in [2.45, 2.75) is 37.6 Å². The Morgan fingerprint density at radius 1 is 1.41 bits per heavy atom. The van der Waals surface area contributed by atoms with Crippen LogP contribution in [0.5, 0.6) is 0 Å². The Labute approximate surface area is 166 Å². The van der Waals surface area contributed by atoms with Crippen molar-refractivity contribution < 1.29 is 4.74 Å². The normalized spacial score (nSPS) is 16.9. The number of nitrogens with zero attached hydrogens (tertiary/aromatic N) is 2. The summed E-state index contributed by atoms with van der Waals surface area (Å²) in [7, 11) is 0. The van der Waals surface area contributed by atoms with E-state index in [1.807, 2.05) is 25.1 Å². The molecule has 0 spiro atoms. The summed E-state index contributed by atoms with van der Waals surface area (Å²) in [5.41, 5.74) is 2.15. The summed E-state index contributed by atoms with van der Waals surface area (Å²) in [4.78, 5) is 20.0. The number of ether oxygens (including phenoxy) is 1. The molecule has 1 atom stereocenters. The Kier molecular flexibility index (Phi) is 5.48. The van der Waals surface area contributed by atoms with Crippen LogP contribution in [-0.4, -0.2) is 28.0 Å². The van der Waals surface area contributed by atoms with Gasteiger partial charge in [-0.1, -0.05) is 48.2 Å². The Balaban J connectivity index is 1.79. The fourth-order valence-corrected chi connectivity index (χ4v) is 5.71. The Hall–Kier alpha value is -1.89. The van der Waals surface area contributed by atoms with Gasteiger partial charge in [-0.3, -0.25) is 9.36 Å². The Morgan fingerprint density at radius 2 is 2.22 bits per heavy atom. The first-order valence-electron chi connectivity index (χ1n) is 9.13. The van der Waals surface area contributed by atoms with E-state index < -0.39 is 0 Å². The van der Waals surface area contributed by atoms with Crippen LogP contribution < -0.4 is 5.56 Å². The van der Waals surface area contributed by atoms with Gasteiger partial charge in [-0.2, -0.15) is 0 Å². The zero-order valence-electron chi connectivity index (χ0n) is 15.3. The van der Waals surface area contributed by atoms with Gasteiger partial charge in [0, 0.05) is 23.8 Å². The number of aromatic nitrogens is 2. The molecule has 1 aliphatic rings. The first-order valence-corrected chi connectivity index (χ1v) is 10.9. The van der Waals surface area contributed by atoms with Gasteiger partial charge in [0.25, 0.3) is 5.56 Å². The van der Waals surface area contributed by atoms with Crippen LogP contribution >= 0.6 is 23.1 Å². The molecule has 1 aliphatic heterocycles. The molecule has 6 heteroatoms. The van der Waals surface area contributed by atoms with E-state index in [9.17, 15) is 4.79 Å². The standard InChI is InChI=1S/C21H22N2O2S2/c1-3-11-23-20(24)17-14(2)18(15-8-5-4-6-9-15)27-19(17)22-21(23)26-13-16-10-7-12-25-16/h3-6,8-9,16H,1,7,10-13H2,2H3/t16-/m1/s1. The lowest BCUT2D eigenvalue weighted by Crippen LogP contribution is -2.23. The van der Waals surface area contributed by atoms with Crippen molar-refractivity contribution in [3.63, 3.8) is 0 Å². The molecule has 27 heavy (non-hydrogen) atoms. The highest BCUT2D eigenvalue weighted by atomic mass is 32.2. The Morgan fingerprint density at radius 3 is 2.93 bits per heavy atom. The topological polar surface area (TPSA) is 44.1 Å². The summed E-state index contributed by atoms with van der Waals surface area (Å²) < 4.78 is 7.46. The summed E-state index contributed by atoms with van der Waals surface area (Å²) >= 11 is 3.21. The molecule has 140 valence electrons. The van der Waals surface area contributed by atoms with Crippen molar-refractivity contribution in [2.24, 2.45) is 0 Å². The van der Waals surface area contributed by atoms with E-state index in [-0.39, 0.29) is 11.7 Å². The lowest BCUT2D eigenvalue weighted by atomic mass is 10.1. The predicted molar refractivity (Wildman–Crippen MR) is 114 cm³/mol. The van der Waals surface area contributed by atoms with E-state index >= 15 is 0 Å². The van der Waals surface area contributed by atoms with Crippen LogP contribution in [0.3, 0.4) is 0 Å². The molecule has 2 aromatic heterocycles. The molecule has 0 radical (unpaired) electrons. The van der Waals surface area contributed by atoms with Gasteiger partial charge >= 0.3 is 0 Å². The molecule has 0 saturated carbocycles. The minimum atomic E-state index is 0.0191. The number of fused-ring (bicyclic) bond motifs is 1.